The topological polar surface area (TPSA) is 0 Å². The number of hydrogen-bond acceptors (Lipinski definition) is 0. The number of fused-ring (bicyclic) bond motifs is 1. The van der Waals surface area contributed by atoms with E-state index in [2.05, 4.69) is 58.4 Å². The summed E-state index contributed by atoms with van der Waals surface area (Å²) in [7, 11) is 0. The van der Waals surface area contributed by atoms with Crippen molar-refractivity contribution < 1.29 is 0 Å². The van der Waals surface area contributed by atoms with Crippen molar-refractivity contribution in [3.8, 4) is 0 Å². The van der Waals surface area contributed by atoms with Gasteiger partial charge in [0.1, 0.15) is 0 Å². The molecule has 0 unspecified atom stereocenters. The van der Waals surface area contributed by atoms with E-state index in [4.69, 9.17) is 0 Å². The standard InChI is InChI=1S/C15H17/c1-10-6-5-7-11(2)15-13(4)9-8-12(3)14(10)15/h5-9H,1-4H3. The summed E-state index contributed by atoms with van der Waals surface area (Å²) in [5.41, 5.74) is 8.29. The average molecular weight is 197 g/mol. The van der Waals surface area contributed by atoms with E-state index < -0.39 is 0 Å². The van der Waals surface area contributed by atoms with E-state index in [1.807, 2.05) is 0 Å². The Morgan fingerprint density at radius 3 is 2.07 bits per heavy atom. The van der Waals surface area contributed by atoms with Gasteiger partial charge in [-0.3, -0.25) is 0 Å². The highest BCUT2D eigenvalue weighted by Gasteiger charge is 2.18. The van der Waals surface area contributed by atoms with Crippen LogP contribution in [0.2, 0.25) is 0 Å². The van der Waals surface area contributed by atoms with Gasteiger partial charge < -0.3 is 0 Å². The summed E-state index contributed by atoms with van der Waals surface area (Å²) in [5.74, 6) is 0. The smallest absolute Gasteiger partial charge is 0.00899 e. The molecule has 2 aliphatic rings. The first-order chi connectivity index (χ1) is 7.11. The van der Waals surface area contributed by atoms with Crippen LogP contribution in [0.1, 0.15) is 27.7 Å². The van der Waals surface area contributed by atoms with Crippen LogP contribution in [-0.2, 0) is 0 Å². The van der Waals surface area contributed by atoms with E-state index in [0.29, 0.717) is 0 Å². The largest absolute Gasteiger partial charge is 0.0728 e. The van der Waals surface area contributed by atoms with Gasteiger partial charge in [-0.25, -0.2) is 0 Å². The van der Waals surface area contributed by atoms with Crippen molar-refractivity contribution in [3.05, 3.63) is 64.2 Å². The molecule has 0 saturated heterocycles. The molecule has 0 aromatic rings. The van der Waals surface area contributed by atoms with Crippen LogP contribution in [0.3, 0.4) is 0 Å². The summed E-state index contributed by atoms with van der Waals surface area (Å²) in [5, 5.41) is 0. The van der Waals surface area contributed by atoms with Crippen LogP contribution < -0.4 is 0 Å². The number of allylic oxidation sites excluding steroid dienone is 10. The molecule has 0 fully saturated rings. The summed E-state index contributed by atoms with van der Waals surface area (Å²) in [6, 6.07) is 0. The van der Waals surface area contributed by atoms with E-state index in [1.165, 1.54) is 33.4 Å². The van der Waals surface area contributed by atoms with Crippen LogP contribution in [0.15, 0.2) is 57.7 Å². The summed E-state index contributed by atoms with van der Waals surface area (Å²) < 4.78 is 0. The Hall–Kier alpha value is -1.30. The van der Waals surface area contributed by atoms with Crippen molar-refractivity contribution in [1.82, 2.24) is 0 Å². The Morgan fingerprint density at radius 2 is 1.33 bits per heavy atom. The van der Waals surface area contributed by atoms with E-state index in [9.17, 15) is 0 Å². The van der Waals surface area contributed by atoms with E-state index in [1.54, 1.807) is 0 Å². The second-order valence-electron chi connectivity index (χ2n) is 4.34. The third kappa shape index (κ3) is 1.65. The highest BCUT2D eigenvalue weighted by molar-refractivity contribution is 5.66. The zero-order valence-electron chi connectivity index (χ0n) is 9.89. The Morgan fingerprint density at radius 1 is 0.733 bits per heavy atom. The van der Waals surface area contributed by atoms with Crippen molar-refractivity contribution >= 4 is 0 Å². The molecular formula is C15H17. The lowest BCUT2D eigenvalue weighted by atomic mass is 9.83. The highest BCUT2D eigenvalue weighted by Crippen LogP contribution is 2.37. The summed E-state index contributed by atoms with van der Waals surface area (Å²) in [6.07, 6.45) is 11.0. The number of hydrogen-bond donors (Lipinski definition) is 0. The van der Waals surface area contributed by atoms with Crippen LogP contribution >= 0.6 is 0 Å². The van der Waals surface area contributed by atoms with Gasteiger partial charge in [-0.05, 0) is 55.6 Å². The third-order valence-corrected chi connectivity index (χ3v) is 3.10. The van der Waals surface area contributed by atoms with Crippen LogP contribution in [0.25, 0.3) is 0 Å². The monoisotopic (exact) mass is 197 g/mol. The SMILES string of the molecule is CC1=CC=CC(C)=C2C(C)=C[CH]C(C)=C12. The van der Waals surface area contributed by atoms with Crippen molar-refractivity contribution in [2.75, 3.05) is 0 Å². The summed E-state index contributed by atoms with van der Waals surface area (Å²) in [4.78, 5) is 0. The maximum Gasteiger partial charge on any atom is 0.00899 e. The first-order valence-electron chi connectivity index (χ1n) is 5.40. The van der Waals surface area contributed by atoms with Gasteiger partial charge in [-0.15, -0.1) is 0 Å². The Balaban J connectivity index is 2.70. The predicted octanol–water partition coefficient (Wildman–Crippen LogP) is 4.30. The zero-order chi connectivity index (χ0) is 11.0. The molecule has 2 aliphatic carbocycles. The van der Waals surface area contributed by atoms with Crippen molar-refractivity contribution in [3.63, 3.8) is 0 Å². The molecule has 0 spiro atoms. The van der Waals surface area contributed by atoms with Gasteiger partial charge in [-0.2, -0.15) is 0 Å². The van der Waals surface area contributed by atoms with Crippen LogP contribution in [0.5, 0.6) is 0 Å². The fourth-order valence-electron chi connectivity index (χ4n) is 2.33. The van der Waals surface area contributed by atoms with Gasteiger partial charge in [0.05, 0.1) is 0 Å². The molecule has 0 atom stereocenters. The van der Waals surface area contributed by atoms with E-state index in [-0.39, 0.29) is 0 Å². The van der Waals surface area contributed by atoms with Gasteiger partial charge in [0.25, 0.3) is 0 Å². The molecule has 0 heterocycles. The lowest BCUT2D eigenvalue weighted by Crippen LogP contribution is -2.04. The average Bonchev–Trinajstić information content (AvgIpc) is 2.33. The molecule has 0 aliphatic heterocycles. The minimum atomic E-state index is 1.36. The lowest BCUT2D eigenvalue weighted by molar-refractivity contribution is 1.18. The lowest BCUT2D eigenvalue weighted by Gasteiger charge is -2.22. The van der Waals surface area contributed by atoms with Gasteiger partial charge in [0.15, 0.2) is 0 Å². The molecule has 1 radical (unpaired) electrons. The second kappa shape index (κ2) is 3.69. The molecule has 0 amide bonds. The first-order valence-corrected chi connectivity index (χ1v) is 5.40. The second-order valence-corrected chi connectivity index (χ2v) is 4.34. The molecule has 0 bridgehead atoms. The van der Waals surface area contributed by atoms with Gasteiger partial charge in [-0.1, -0.05) is 29.9 Å². The minimum absolute atomic E-state index is 1.36. The number of rotatable bonds is 0. The normalized spacial score (nSPS) is 21.1. The van der Waals surface area contributed by atoms with Crippen molar-refractivity contribution in [1.29, 1.82) is 0 Å². The molecule has 15 heavy (non-hydrogen) atoms. The van der Waals surface area contributed by atoms with Crippen LogP contribution in [-0.4, -0.2) is 0 Å². The Kier molecular flexibility index (Phi) is 2.52. The molecular weight excluding hydrogens is 180 g/mol. The molecule has 0 nitrogen and oxygen atoms in total. The summed E-state index contributed by atoms with van der Waals surface area (Å²) >= 11 is 0. The Labute approximate surface area is 92.4 Å². The van der Waals surface area contributed by atoms with Crippen LogP contribution in [0.4, 0.5) is 0 Å². The van der Waals surface area contributed by atoms with E-state index in [0.717, 1.165) is 0 Å². The fraction of sp³-hybridized carbons (Fsp3) is 0.267. The highest BCUT2D eigenvalue weighted by atomic mass is 14.2. The zero-order valence-corrected chi connectivity index (χ0v) is 9.89. The molecule has 77 valence electrons. The molecule has 0 heteroatoms. The molecule has 0 saturated carbocycles. The predicted molar refractivity (Wildman–Crippen MR) is 66.4 cm³/mol. The van der Waals surface area contributed by atoms with Crippen molar-refractivity contribution in [2.45, 2.75) is 27.7 Å². The molecule has 2 rings (SSSR count). The Bertz CT molecular complexity index is 448. The fourth-order valence-corrected chi connectivity index (χ4v) is 2.33. The van der Waals surface area contributed by atoms with E-state index >= 15 is 0 Å². The van der Waals surface area contributed by atoms with Crippen molar-refractivity contribution in [2.24, 2.45) is 0 Å². The van der Waals surface area contributed by atoms with Gasteiger partial charge in [0, 0.05) is 6.42 Å². The first kappa shape index (κ1) is 10.2. The summed E-state index contributed by atoms with van der Waals surface area (Å²) in [6.45, 7) is 8.75. The molecule has 0 aromatic carbocycles. The maximum atomic E-state index is 2.21. The quantitative estimate of drug-likeness (QED) is 0.543. The molecule has 0 aromatic heterocycles. The molecule has 0 N–H and O–H groups in total. The maximum absolute atomic E-state index is 2.21. The minimum Gasteiger partial charge on any atom is -0.0728 e. The van der Waals surface area contributed by atoms with Crippen LogP contribution in [0, 0.1) is 6.42 Å². The third-order valence-electron chi connectivity index (χ3n) is 3.10. The van der Waals surface area contributed by atoms with Gasteiger partial charge in [0.2, 0.25) is 0 Å². The van der Waals surface area contributed by atoms with Gasteiger partial charge >= 0.3 is 0 Å².